The minimum absolute atomic E-state index is 0.140. The minimum Gasteiger partial charge on any atom is -0.393 e. The molecule has 0 aromatic rings. The molecule has 2 aliphatic rings. The van der Waals surface area contributed by atoms with E-state index in [-0.39, 0.29) is 17.9 Å². The van der Waals surface area contributed by atoms with E-state index in [4.69, 9.17) is 5.73 Å². The average molecular weight is 249 g/mol. The summed E-state index contributed by atoms with van der Waals surface area (Å²) in [4.78, 5) is 0. The van der Waals surface area contributed by atoms with Gasteiger partial charge in [-0.15, -0.1) is 0 Å². The van der Waals surface area contributed by atoms with Crippen molar-refractivity contribution in [3.05, 3.63) is 0 Å². The Labute approximate surface area is 95.8 Å². The van der Waals surface area contributed by atoms with Gasteiger partial charge in [-0.1, -0.05) is 6.42 Å². The maximum Gasteiger partial charge on any atom is 0.268 e. The molecule has 16 heavy (non-hydrogen) atoms. The van der Waals surface area contributed by atoms with Crippen LogP contribution in [0.25, 0.3) is 0 Å². The highest BCUT2D eigenvalue weighted by atomic mass is 32.2. The van der Waals surface area contributed by atoms with Crippen molar-refractivity contribution in [2.24, 2.45) is 17.6 Å². The normalized spacial score (nSPS) is 45.1. The Kier molecular flexibility index (Phi) is 3.27. The van der Waals surface area contributed by atoms with E-state index in [9.17, 15) is 18.1 Å². The van der Waals surface area contributed by atoms with Gasteiger partial charge in [-0.25, -0.2) is 0 Å². The lowest BCUT2D eigenvalue weighted by Gasteiger charge is -2.45. The molecule has 2 rings (SSSR count). The second kappa shape index (κ2) is 4.25. The van der Waals surface area contributed by atoms with Crippen molar-refractivity contribution in [1.82, 2.24) is 0 Å². The first kappa shape index (κ1) is 12.3. The smallest absolute Gasteiger partial charge is 0.268 e. The van der Waals surface area contributed by atoms with Gasteiger partial charge in [0.1, 0.15) is 0 Å². The Morgan fingerprint density at radius 2 is 1.81 bits per heavy atom. The molecule has 0 radical (unpaired) electrons. The average Bonchev–Trinajstić information content (AvgIpc) is 2.16. The van der Waals surface area contributed by atoms with E-state index < -0.39 is 21.5 Å². The van der Waals surface area contributed by atoms with Gasteiger partial charge in [-0.05, 0) is 31.6 Å². The maximum absolute atomic E-state index is 11.3. The van der Waals surface area contributed by atoms with Crippen molar-refractivity contribution < 1.29 is 18.1 Å². The number of hydrogen-bond acceptors (Lipinski definition) is 4. The van der Waals surface area contributed by atoms with Crippen LogP contribution in [0.2, 0.25) is 0 Å². The molecule has 6 heteroatoms. The third kappa shape index (κ3) is 2.11. The van der Waals surface area contributed by atoms with Crippen molar-refractivity contribution >= 4 is 10.1 Å². The first-order valence-corrected chi connectivity index (χ1v) is 7.31. The van der Waals surface area contributed by atoms with Gasteiger partial charge >= 0.3 is 0 Å². The summed E-state index contributed by atoms with van der Waals surface area (Å²) < 4.78 is 31.8. The first-order chi connectivity index (χ1) is 7.41. The third-order valence-electron chi connectivity index (χ3n) is 4.12. The summed E-state index contributed by atoms with van der Waals surface area (Å²) >= 11 is 0. The molecule has 2 fully saturated rings. The quantitative estimate of drug-likeness (QED) is 0.574. The van der Waals surface area contributed by atoms with Crippen LogP contribution in [-0.4, -0.2) is 35.5 Å². The Bertz CT molecular complexity index is 352. The number of rotatable bonds is 1. The van der Waals surface area contributed by atoms with E-state index in [0.717, 1.165) is 12.8 Å². The van der Waals surface area contributed by atoms with Crippen molar-refractivity contribution in [2.45, 2.75) is 49.5 Å². The zero-order valence-electron chi connectivity index (χ0n) is 9.12. The zero-order valence-corrected chi connectivity index (χ0v) is 9.94. The van der Waals surface area contributed by atoms with Crippen LogP contribution in [0.4, 0.5) is 0 Å². The summed E-state index contributed by atoms with van der Waals surface area (Å²) in [6, 6.07) is -0.140. The van der Waals surface area contributed by atoms with E-state index in [1.165, 1.54) is 0 Å². The fourth-order valence-corrected chi connectivity index (χ4v) is 4.60. The van der Waals surface area contributed by atoms with Crippen LogP contribution in [0, 0.1) is 11.8 Å². The van der Waals surface area contributed by atoms with Gasteiger partial charge in [0.15, 0.2) is 0 Å². The van der Waals surface area contributed by atoms with E-state index in [1.807, 2.05) is 0 Å². The summed E-state index contributed by atoms with van der Waals surface area (Å²) in [6.07, 6.45) is 2.68. The molecule has 5 atom stereocenters. The maximum atomic E-state index is 11.3. The zero-order chi connectivity index (χ0) is 11.9. The fraction of sp³-hybridized carbons (Fsp3) is 1.00. The molecule has 2 aliphatic carbocycles. The molecule has 0 bridgehead atoms. The van der Waals surface area contributed by atoms with E-state index >= 15 is 0 Å². The Morgan fingerprint density at radius 1 is 1.12 bits per heavy atom. The molecule has 0 aliphatic heterocycles. The van der Waals surface area contributed by atoms with Gasteiger partial charge in [-0.2, -0.15) is 8.42 Å². The molecule has 5 unspecified atom stereocenters. The molecular weight excluding hydrogens is 230 g/mol. The largest absolute Gasteiger partial charge is 0.393 e. The number of nitrogens with two attached hydrogens (primary N) is 1. The van der Waals surface area contributed by atoms with Crippen molar-refractivity contribution in [1.29, 1.82) is 0 Å². The van der Waals surface area contributed by atoms with E-state index in [0.29, 0.717) is 19.3 Å². The lowest BCUT2D eigenvalue weighted by molar-refractivity contribution is -0.0000176. The SMILES string of the molecule is NC1CCC(S(=O)(=O)O)C2CCCC(O)C12. The fourth-order valence-electron chi connectivity index (χ4n) is 3.40. The predicted molar refractivity (Wildman–Crippen MR) is 59.4 cm³/mol. The lowest BCUT2D eigenvalue weighted by atomic mass is 9.67. The standard InChI is InChI=1S/C10H19NO4S/c11-7-4-5-9(16(13,14)15)6-2-1-3-8(12)10(6)7/h6-10,12H,1-5,11H2,(H,13,14,15). The minimum atomic E-state index is -4.01. The second-order valence-electron chi connectivity index (χ2n) is 5.03. The van der Waals surface area contributed by atoms with Crippen LogP contribution in [0.3, 0.4) is 0 Å². The van der Waals surface area contributed by atoms with Crippen LogP contribution in [0.5, 0.6) is 0 Å². The molecule has 0 amide bonds. The molecule has 5 nitrogen and oxygen atoms in total. The Morgan fingerprint density at radius 3 is 2.44 bits per heavy atom. The second-order valence-corrected chi connectivity index (χ2v) is 6.67. The Hall–Kier alpha value is -0.170. The molecule has 2 saturated carbocycles. The summed E-state index contributed by atoms with van der Waals surface area (Å²) in [7, 11) is -4.01. The van der Waals surface area contributed by atoms with Crippen LogP contribution >= 0.6 is 0 Å². The number of hydrogen-bond donors (Lipinski definition) is 3. The van der Waals surface area contributed by atoms with Crippen LogP contribution < -0.4 is 5.73 Å². The summed E-state index contributed by atoms with van der Waals surface area (Å²) in [5.74, 6) is -0.350. The molecule has 0 saturated heterocycles. The van der Waals surface area contributed by atoms with E-state index in [1.54, 1.807) is 0 Å². The molecule has 0 spiro atoms. The molecule has 0 aromatic carbocycles. The Balaban J connectivity index is 2.26. The first-order valence-electron chi connectivity index (χ1n) is 5.81. The summed E-state index contributed by atoms with van der Waals surface area (Å²) in [5, 5.41) is 9.17. The van der Waals surface area contributed by atoms with Crippen LogP contribution in [0.1, 0.15) is 32.1 Å². The summed E-state index contributed by atoms with van der Waals surface area (Å²) in [6.45, 7) is 0. The molecule has 0 heterocycles. The van der Waals surface area contributed by atoms with Gasteiger partial charge in [0.25, 0.3) is 10.1 Å². The van der Waals surface area contributed by atoms with Gasteiger partial charge in [0.05, 0.1) is 11.4 Å². The number of aliphatic hydroxyl groups excluding tert-OH is 1. The van der Waals surface area contributed by atoms with Gasteiger partial charge in [0, 0.05) is 12.0 Å². The molecule has 0 aromatic heterocycles. The molecular formula is C10H19NO4S. The van der Waals surface area contributed by atoms with Gasteiger partial charge in [-0.3, -0.25) is 4.55 Å². The highest BCUT2D eigenvalue weighted by molar-refractivity contribution is 7.86. The summed E-state index contributed by atoms with van der Waals surface area (Å²) in [5.41, 5.74) is 5.95. The van der Waals surface area contributed by atoms with Crippen molar-refractivity contribution in [2.75, 3.05) is 0 Å². The number of aliphatic hydroxyl groups is 1. The topological polar surface area (TPSA) is 101 Å². The van der Waals surface area contributed by atoms with Crippen LogP contribution in [-0.2, 0) is 10.1 Å². The third-order valence-corrected chi connectivity index (χ3v) is 5.47. The van der Waals surface area contributed by atoms with Crippen LogP contribution in [0.15, 0.2) is 0 Å². The number of fused-ring (bicyclic) bond motifs is 1. The predicted octanol–water partition coefficient (Wildman–Crippen LogP) is 0.141. The monoisotopic (exact) mass is 249 g/mol. The van der Waals surface area contributed by atoms with Gasteiger partial charge in [0.2, 0.25) is 0 Å². The van der Waals surface area contributed by atoms with Crippen molar-refractivity contribution in [3.8, 4) is 0 Å². The van der Waals surface area contributed by atoms with E-state index in [2.05, 4.69) is 0 Å². The molecule has 4 N–H and O–H groups in total. The van der Waals surface area contributed by atoms with Gasteiger partial charge < -0.3 is 10.8 Å². The highest BCUT2D eigenvalue weighted by Crippen LogP contribution is 2.42. The highest BCUT2D eigenvalue weighted by Gasteiger charge is 2.47. The lowest BCUT2D eigenvalue weighted by Crippen LogP contribution is -2.54. The van der Waals surface area contributed by atoms with Crippen molar-refractivity contribution in [3.63, 3.8) is 0 Å². The molecule has 94 valence electrons.